The number of esters is 3. The molecule has 0 atom stereocenters. The summed E-state index contributed by atoms with van der Waals surface area (Å²) in [4.78, 5) is 34.2. The number of carbonyl (C=O) groups excluding carboxylic acids is 3. The molecule has 0 radical (unpaired) electrons. The van der Waals surface area contributed by atoms with Gasteiger partial charge < -0.3 is 24.4 Å². The van der Waals surface area contributed by atoms with Crippen LogP contribution in [-0.2, 0) is 28.6 Å². The highest BCUT2D eigenvalue weighted by atomic mass is 16.5. The number of aliphatic hydroxyl groups excluding tert-OH is 2. The van der Waals surface area contributed by atoms with Crippen molar-refractivity contribution in [2.45, 2.75) is 77.0 Å². The van der Waals surface area contributed by atoms with E-state index in [4.69, 9.17) is 24.4 Å². The van der Waals surface area contributed by atoms with Gasteiger partial charge in [-0.1, -0.05) is 6.42 Å². The third-order valence-electron chi connectivity index (χ3n) is 3.97. The van der Waals surface area contributed by atoms with Crippen molar-refractivity contribution in [3.8, 4) is 0 Å². The van der Waals surface area contributed by atoms with Gasteiger partial charge in [0.05, 0.1) is 19.8 Å². The van der Waals surface area contributed by atoms with Crippen LogP contribution < -0.4 is 0 Å². The average Bonchev–Trinajstić information content (AvgIpc) is 2.68. The van der Waals surface area contributed by atoms with Gasteiger partial charge in [-0.2, -0.15) is 0 Å². The highest BCUT2D eigenvalue weighted by Gasteiger charge is 2.05. The molecular weight excluding hydrogens is 368 g/mol. The van der Waals surface area contributed by atoms with E-state index in [0.29, 0.717) is 58.2 Å². The first kappa shape index (κ1) is 26.3. The standard InChI is InChI=1S/C20H36O8/c21-13-7-1-4-10-18(23)26-15-8-2-5-11-19(24)27-16-9-3-6-12-20(25)28-17-14-22/h21-22H,1-17H2. The average molecular weight is 405 g/mol. The lowest BCUT2D eigenvalue weighted by Gasteiger charge is -2.06. The number of unbranched alkanes of at least 4 members (excludes halogenated alkanes) is 6. The summed E-state index contributed by atoms with van der Waals surface area (Å²) in [6, 6.07) is 0. The zero-order valence-electron chi connectivity index (χ0n) is 16.9. The maximum atomic E-state index is 11.6. The quantitative estimate of drug-likeness (QED) is 0.191. The van der Waals surface area contributed by atoms with E-state index in [1.54, 1.807) is 0 Å². The lowest BCUT2D eigenvalue weighted by Crippen LogP contribution is -2.09. The van der Waals surface area contributed by atoms with Crippen LogP contribution in [0.3, 0.4) is 0 Å². The van der Waals surface area contributed by atoms with Crippen LogP contribution in [0.5, 0.6) is 0 Å². The summed E-state index contributed by atoms with van der Waals surface area (Å²) in [5.74, 6) is -0.763. The molecule has 0 aromatic heterocycles. The molecule has 0 aliphatic heterocycles. The molecule has 0 bridgehead atoms. The largest absolute Gasteiger partial charge is 0.466 e. The van der Waals surface area contributed by atoms with E-state index >= 15 is 0 Å². The lowest BCUT2D eigenvalue weighted by atomic mass is 10.2. The van der Waals surface area contributed by atoms with E-state index < -0.39 is 0 Å². The maximum absolute atomic E-state index is 11.6. The molecule has 8 nitrogen and oxygen atoms in total. The van der Waals surface area contributed by atoms with E-state index in [-0.39, 0.29) is 37.7 Å². The second-order valence-electron chi connectivity index (χ2n) is 6.54. The molecule has 0 unspecified atom stereocenters. The summed E-state index contributed by atoms with van der Waals surface area (Å²) in [6.45, 7) is 0.732. The third-order valence-corrected chi connectivity index (χ3v) is 3.97. The highest BCUT2D eigenvalue weighted by Crippen LogP contribution is 2.06. The van der Waals surface area contributed by atoms with Crippen LogP contribution in [0.15, 0.2) is 0 Å². The van der Waals surface area contributed by atoms with E-state index in [2.05, 4.69) is 0 Å². The van der Waals surface area contributed by atoms with Crippen molar-refractivity contribution in [1.29, 1.82) is 0 Å². The summed E-state index contributed by atoms with van der Waals surface area (Å²) in [7, 11) is 0. The summed E-state index contributed by atoms with van der Waals surface area (Å²) in [5.41, 5.74) is 0. The van der Waals surface area contributed by atoms with Gasteiger partial charge in [-0.15, -0.1) is 0 Å². The molecule has 0 aliphatic rings. The van der Waals surface area contributed by atoms with Gasteiger partial charge in [0.25, 0.3) is 0 Å². The summed E-state index contributed by atoms with van der Waals surface area (Å²) in [6.07, 6.45) is 7.67. The molecule has 0 saturated heterocycles. The van der Waals surface area contributed by atoms with Gasteiger partial charge in [0.1, 0.15) is 6.61 Å². The normalized spacial score (nSPS) is 10.5. The summed E-state index contributed by atoms with van der Waals surface area (Å²) in [5, 5.41) is 17.2. The Hall–Kier alpha value is -1.67. The minimum atomic E-state index is -0.321. The van der Waals surface area contributed by atoms with Crippen LogP contribution in [0.2, 0.25) is 0 Å². The van der Waals surface area contributed by atoms with Crippen molar-refractivity contribution in [1.82, 2.24) is 0 Å². The molecule has 8 heteroatoms. The van der Waals surface area contributed by atoms with Crippen LogP contribution in [0, 0.1) is 0 Å². The number of ether oxygens (including phenoxy) is 3. The second kappa shape index (κ2) is 20.1. The number of aliphatic hydroxyl groups is 2. The van der Waals surface area contributed by atoms with Crippen LogP contribution in [0.1, 0.15) is 77.0 Å². The lowest BCUT2D eigenvalue weighted by molar-refractivity contribution is -0.146. The van der Waals surface area contributed by atoms with E-state index in [0.717, 1.165) is 32.1 Å². The fraction of sp³-hybridized carbons (Fsp3) is 0.850. The fourth-order valence-corrected chi connectivity index (χ4v) is 2.40. The van der Waals surface area contributed by atoms with Gasteiger partial charge in [-0.05, 0) is 51.4 Å². The Morgan fingerprint density at radius 1 is 0.464 bits per heavy atom. The zero-order valence-corrected chi connectivity index (χ0v) is 16.9. The first-order valence-corrected chi connectivity index (χ1v) is 10.3. The van der Waals surface area contributed by atoms with Gasteiger partial charge in [0.2, 0.25) is 0 Å². The summed E-state index contributed by atoms with van der Waals surface area (Å²) >= 11 is 0. The molecule has 0 aromatic carbocycles. The molecule has 164 valence electrons. The molecule has 0 aliphatic carbocycles. The molecule has 2 N–H and O–H groups in total. The van der Waals surface area contributed by atoms with Gasteiger partial charge in [-0.25, -0.2) is 0 Å². The number of hydrogen-bond donors (Lipinski definition) is 2. The number of rotatable bonds is 19. The van der Waals surface area contributed by atoms with Crippen molar-refractivity contribution in [2.75, 3.05) is 33.0 Å². The molecule has 0 spiro atoms. The Morgan fingerprint density at radius 3 is 1.25 bits per heavy atom. The Bertz CT molecular complexity index is 411. The predicted octanol–water partition coefficient (Wildman–Crippen LogP) is 2.28. The van der Waals surface area contributed by atoms with Gasteiger partial charge in [-0.3, -0.25) is 14.4 Å². The minimum absolute atomic E-state index is 0.0320. The molecule has 0 amide bonds. The van der Waals surface area contributed by atoms with Crippen molar-refractivity contribution in [2.24, 2.45) is 0 Å². The molecular formula is C20H36O8. The molecule has 0 fully saturated rings. The van der Waals surface area contributed by atoms with Crippen LogP contribution in [0.25, 0.3) is 0 Å². The molecule has 0 rings (SSSR count). The first-order chi connectivity index (χ1) is 13.6. The van der Waals surface area contributed by atoms with Crippen LogP contribution in [0.4, 0.5) is 0 Å². The van der Waals surface area contributed by atoms with E-state index in [1.165, 1.54) is 0 Å². The van der Waals surface area contributed by atoms with Crippen molar-refractivity contribution in [3.05, 3.63) is 0 Å². The number of carbonyl (C=O) groups is 3. The molecule has 0 heterocycles. The first-order valence-electron chi connectivity index (χ1n) is 10.3. The Balaban J connectivity index is 3.35. The molecule has 0 saturated carbocycles. The third kappa shape index (κ3) is 19.1. The second-order valence-corrected chi connectivity index (χ2v) is 6.54. The molecule has 0 aromatic rings. The smallest absolute Gasteiger partial charge is 0.305 e. The van der Waals surface area contributed by atoms with Gasteiger partial charge >= 0.3 is 17.9 Å². The zero-order chi connectivity index (χ0) is 20.9. The van der Waals surface area contributed by atoms with Crippen LogP contribution >= 0.6 is 0 Å². The fourth-order valence-electron chi connectivity index (χ4n) is 2.40. The minimum Gasteiger partial charge on any atom is -0.466 e. The van der Waals surface area contributed by atoms with Crippen LogP contribution in [-0.4, -0.2) is 61.2 Å². The van der Waals surface area contributed by atoms with Crippen molar-refractivity contribution >= 4 is 17.9 Å². The van der Waals surface area contributed by atoms with Crippen molar-refractivity contribution < 1.29 is 38.8 Å². The SMILES string of the molecule is O=C(CCCCCOC(=O)CCCCCOC(=O)CCCCCO)OCCO. The van der Waals surface area contributed by atoms with E-state index in [1.807, 2.05) is 0 Å². The van der Waals surface area contributed by atoms with Gasteiger partial charge in [0, 0.05) is 25.9 Å². The Kier molecular flexibility index (Phi) is 18.9. The predicted molar refractivity (Wildman–Crippen MR) is 102 cm³/mol. The topological polar surface area (TPSA) is 119 Å². The summed E-state index contributed by atoms with van der Waals surface area (Å²) < 4.78 is 15.0. The van der Waals surface area contributed by atoms with Gasteiger partial charge in [0.15, 0.2) is 0 Å². The maximum Gasteiger partial charge on any atom is 0.305 e. The highest BCUT2D eigenvalue weighted by molar-refractivity contribution is 5.70. The monoisotopic (exact) mass is 404 g/mol. The molecule has 28 heavy (non-hydrogen) atoms. The Labute approximate surface area is 167 Å². The Morgan fingerprint density at radius 2 is 0.857 bits per heavy atom. The number of hydrogen-bond acceptors (Lipinski definition) is 8. The van der Waals surface area contributed by atoms with E-state index in [9.17, 15) is 14.4 Å². The van der Waals surface area contributed by atoms with Crippen molar-refractivity contribution in [3.63, 3.8) is 0 Å².